The first kappa shape index (κ1) is 49.1. The van der Waals surface area contributed by atoms with Crippen molar-refractivity contribution in [3.8, 4) is 56.4 Å². The van der Waals surface area contributed by atoms with Crippen LogP contribution in [0.25, 0.3) is 193 Å². The van der Waals surface area contributed by atoms with E-state index in [1.807, 2.05) is 115 Å². The van der Waals surface area contributed by atoms with Gasteiger partial charge in [-0.3, -0.25) is 4.40 Å². The van der Waals surface area contributed by atoms with Crippen molar-refractivity contribution in [1.82, 2.24) is 24.3 Å². The number of benzene rings is 13. The summed E-state index contributed by atoms with van der Waals surface area (Å²) in [4.78, 5) is 19.8. The van der Waals surface area contributed by atoms with E-state index >= 15 is 0 Å². The zero-order valence-electron chi connectivity index (χ0n) is 47.3. The van der Waals surface area contributed by atoms with Crippen molar-refractivity contribution in [3.63, 3.8) is 0 Å². The van der Waals surface area contributed by atoms with Gasteiger partial charge in [-0.15, -0.1) is 0 Å². The van der Waals surface area contributed by atoms with Crippen LogP contribution in [0.3, 0.4) is 0 Å². The lowest BCUT2D eigenvalue weighted by Crippen LogP contribution is -2.00. The van der Waals surface area contributed by atoms with Crippen LogP contribution < -0.4 is 0 Å². The van der Waals surface area contributed by atoms with Crippen molar-refractivity contribution in [1.29, 1.82) is 0 Å². The van der Waals surface area contributed by atoms with Crippen molar-refractivity contribution in [3.05, 3.63) is 273 Å². The first-order valence-corrected chi connectivity index (χ1v) is 29.8. The number of imidazole rings is 1. The van der Waals surface area contributed by atoms with E-state index in [1.165, 1.54) is 26.9 Å². The molecule has 9 nitrogen and oxygen atoms in total. The molecule has 0 bridgehead atoms. The standard InChI is InChI=1S/C41H22N2O2.C39H23N3O2/c1-2-10-25-23(9-1)17-20-27-26-19-18-24(21-33(26)43-32-14-6-5-13-31(32)42-41(43)37(25)27)30-22-36-38(28-11-3-7-15-34(28)44-36)39-29-12-4-8-16-35(29)45-40(30)39;1-3-11-25(12-4-1)37-40-38(26-13-5-2-6-14-26)42-39(41-37)27-21-19-24(20-22-27)30-23-33-34(28-15-7-9-17-31(28)43-33)35-29-16-8-10-18-32(29)44-36(30)35/h1-22H;1-23H. The Labute approximate surface area is 505 Å². The van der Waals surface area contributed by atoms with Gasteiger partial charge < -0.3 is 17.7 Å². The van der Waals surface area contributed by atoms with E-state index < -0.39 is 0 Å². The topological polar surface area (TPSA) is 109 Å². The number of fused-ring (bicyclic) bond motifs is 24. The lowest BCUT2D eigenvalue weighted by molar-refractivity contribution is 0.664. The van der Waals surface area contributed by atoms with Gasteiger partial charge in [-0.1, -0.05) is 218 Å². The monoisotopic (exact) mass is 1140 g/mol. The summed E-state index contributed by atoms with van der Waals surface area (Å²) >= 11 is 0. The van der Waals surface area contributed by atoms with Crippen molar-refractivity contribution < 1.29 is 17.7 Å². The van der Waals surface area contributed by atoms with Gasteiger partial charge in [0.15, 0.2) is 17.5 Å². The molecule has 7 aromatic heterocycles. The molecule has 20 aromatic rings. The Balaban J connectivity index is 0.000000129. The fraction of sp³-hybridized carbons (Fsp3) is 0. The summed E-state index contributed by atoms with van der Waals surface area (Å²) in [7, 11) is 0. The summed E-state index contributed by atoms with van der Waals surface area (Å²) in [5.41, 5.74) is 17.8. The molecule has 0 radical (unpaired) electrons. The van der Waals surface area contributed by atoms with E-state index in [9.17, 15) is 0 Å². The minimum Gasteiger partial charge on any atom is -0.456 e. The Morgan fingerprint density at radius 3 is 1.25 bits per heavy atom. The predicted molar refractivity (Wildman–Crippen MR) is 361 cm³/mol. The molecule has 0 saturated carbocycles. The molecule has 0 fully saturated rings. The van der Waals surface area contributed by atoms with Crippen LogP contribution >= 0.6 is 0 Å². The number of nitrogens with zero attached hydrogens (tertiary/aromatic N) is 5. The molecular weight excluding hydrogens is 1090 g/mol. The zero-order valence-corrected chi connectivity index (χ0v) is 47.3. The van der Waals surface area contributed by atoms with Gasteiger partial charge in [0, 0.05) is 81.7 Å². The summed E-state index contributed by atoms with van der Waals surface area (Å²) in [6.07, 6.45) is 0. The molecule has 0 spiro atoms. The number of furan rings is 4. The Morgan fingerprint density at radius 2 is 0.674 bits per heavy atom. The average Bonchev–Trinajstić information content (AvgIpc) is 1.70. The van der Waals surface area contributed by atoms with Crippen molar-refractivity contribution in [2.75, 3.05) is 0 Å². The molecule has 9 heteroatoms. The molecule has 0 unspecified atom stereocenters. The van der Waals surface area contributed by atoms with Crippen molar-refractivity contribution in [2.24, 2.45) is 0 Å². The number of rotatable bonds is 5. The molecule has 0 saturated heterocycles. The lowest BCUT2D eigenvalue weighted by atomic mass is 9.95. The molecular formula is C80H45N5O4. The third-order valence-electron chi connectivity index (χ3n) is 17.7. The van der Waals surface area contributed by atoms with Crippen LogP contribution in [-0.4, -0.2) is 24.3 Å². The summed E-state index contributed by atoms with van der Waals surface area (Å²) in [5.74, 6) is 1.89. The Morgan fingerprint density at radius 1 is 0.247 bits per heavy atom. The Bertz CT molecular complexity index is 6240. The van der Waals surface area contributed by atoms with Gasteiger partial charge in [-0.2, -0.15) is 0 Å². The van der Waals surface area contributed by atoms with Crippen molar-refractivity contribution >= 4 is 137 Å². The highest BCUT2D eigenvalue weighted by Crippen LogP contribution is 2.48. The number of hydrogen-bond donors (Lipinski definition) is 0. The third kappa shape index (κ3) is 7.55. The van der Waals surface area contributed by atoms with E-state index in [0.29, 0.717) is 17.5 Å². The second-order valence-electron chi connectivity index (χ2n) is 22.7. The summed E-state index contributed by atoms with van der Waals surface area (Å²) in [6, 6.07) is 93.7. The quantitative estimate of drug-likeness (QED) is 0.157. The maximum absolute atomic E-state index is 6.68. The number of pyridine rings is 1. The minimum atomic E-state index is 0.617. The van der Waals surface area contributed by atoms with Crippen LogP contribution in [-0.2, 0) is 0 Å². The predicted octanol–water partition coefficient (Wildman–Crippen LogP) is 21.8. The largest absolute Gasteiger partial charge is 0.456 e. The van der Waals surface area contributed by atoms with E-state index in [1.54, 1.807) is 0 Å². The fourth-order valence-corrected chi connectivity index (χ4v) is 13.7. The highest BCUT2D eigenvalue weighted by molar-refractivity contribution is 6.30. The molecule has 414 valence electrons. The van der Waals surface area contributed by atoms with Crippen LogP contribution in [0.5, 0.6) is 0 Å². The molecule has 0 aliphatic carbocycles. The highest BCUT2D eigenvalue weighted by Gasteiger charge is 2.24. The second-order valence-corrected chi connectivity index (χ2v) is 22.7. The molecule has 89 heavy (non-hydrogen) atoms. The fourth-order valence-electron chi connectivity index (χ4n) is 13.7. The van der Waals surface area contributed by atoms with Gasteiger partial charge in [0.05, 0.1) is 16.6 Å². The van der Waals surface area contributed by atoms with E-state index in [2.05, 4.69) is 162 Å². The lowest BCUT2D eigenvalue weighted by Gasteiger charge is -2.13. The molecule has 0 atom stereocenters. The zero-order chi connectivity index (χ0) is 58.3. The smallest absolute Gasteiger partial charge is 0.164 e. The molecule has 0 aliphatic rings. The Kier molecular flexibility index (Phi) is 10.6. The molecule has 7 heterocycles. The number of para-hydroxylation sites is 6. The first-order valence-electron chi connectivity index (χ1n) is 29.8. The molecule has 0 N–H and O–H groups in total. The van der Waals surface area contributed by atoms with Crippen LogP contribution in [0.2, 0.25) is 0 Å². The molecule has 20 rings (SSSR count). The molecule has 0 aliphatic heterocycles. The van der Waals surface area contributed by atoms with Gasteiger partial charge in [0.1, 0.15) is 50.3 Å². The van der Waals surface area contributed by atoms with Gasteiger partial charge in [-0.05, 0) is 81.9 Å². The first-order chi connectivity index (χ1) is 44.1. The van der Waals surface area contributed by atoms with E-state index in [4.69, 9.17) is 37.6 Å². The normalized spacial score (nSPS) is 12.0. The van der Waals surface area contributed by atoms with Gasteiger partial charge >= 0.3 is 0 Å². The summed E-state index contributed by atoms with van der Waals surface area (Å²) in [6.45, 7) is 0. The average molecular weight is 1140 g/mol. The van der Waals surface area contributed by atoms with E-state index in [0.717, 1.165) is 149 Å². The summed E-state index contributed by atoms with van der Waals surface area (Å²) < 4.78 is 28.4. The van der Waals surface area contributed by atoms with Crippen molar-refractivity contribution in [2.45, 2.75) is 0 Å². The molecule has 0 amide bonds. The minimum absolute atomic E-state index is 0.617. The SMILES string of the molecule is c1ccc(-c2nc(-c3ccccc3)nc(-c3ccc(-c4cc5oc6ccccc6c5c5c4oc4ccccc45)cc3)n2)cc1.c1ccc2c(c1)ccc1c3ccc(-c4cc5oc6ccccc6c5c5c4oc4ccccc45)cc3n3c4ccccc4nc3c21. The van der Waals surface area contributed by atoms with Crippen LogP contribution in [0.1, 0.15) is 0 Å². The van der Waals surface area contributed by atoms with Crippen LogP contribution in [0, 0.1) is 0 Å². The highest BCUT2D eigenvalue weighted by atomic mass is 16.3. The van der Waals surface area contributed by atoms with Gasteiger partial charge in [0.2, 0.25) is 0 Å². The molecule has 13 aromatic carbocycles. The number of hydrogen-bond acceptors (Lipinski definition) is 8. The van der Waals surface area contributed by atoms with E-state index in [-0.39, 0.29) is 0 Å². The maximum atomic E-state index is 6.68. The van der Waals surface area contributed by atoms with Gasteiger partial charge in [0.25, 0.3) is 0 Å². The number of aromatic nitrogens is 5. The summed E-state index contributed by atoms with van der Waals surface area (Å²) in [5, 5.41) is 14.6. The van der Waals surface area contributed by atoms with Crippen LogP contribution in [0.15, 0.2) is 291 Å². The second kappa shape index (κ2) is 19.2. The third-order valence-corrected chi connectivity index (χ3v) is 17.7. The maximum Gasteiger partial charge on any atom is 0.164 e. The Hall–Kier alpha value is -12.2. The van der Waals surface area contributed by atoms with Gasteiger partial charge in [-0.25, -0.2) is 19.9 Å². The van der Waals surface area contributed by atoms with Crippen LogP contribution in [0.4, 0.5) is 0 Å².